The van der Waals surface area contributed by atoms with Gasteiger partial charge in [0.2, 0.25) is 11.8 Å². The summed E-state index contributed by atoms with van der Waals surface area (Å²) in [5.41, 5.74) is -0.0125. The van der Waals surface area contributed by atoms with Gasteiger partial charge in [-0.2, -0.15) is 0 Å². The van der Waals surface area contributed by atoms with Crippen LogP contribution in [0.2, 0.25) is 0 Å². The maximum Gasteiger partial charge on any atom is 0.408 e. The van der Waals surface area contributed by atoms with Gasteiger partial charge < -0.3 is 20.3 Å². The molecule has 0 aliphatic heterocycles. The number of hydrogen-bond acceptors (Lipinski definition) is 4. The predicted molar refractivity (Wildman–Crippen MR) is 127 cm³/mol. The maximum absolute atomic E-state index is 13.7. The molecular formula is C25H39N3O4. The summed E-state index contributed by atoms with van der Waals surface area (Å²) in [5, 5.41) is 5.62. The van der Waals surface area contributed by atoms with Gasteiger partial charge in [0.05, 0.1) is 0 Å². The zero-order chi connectivity index (χ0) is 24.5. The van der Waals surface area contributed by atoms with Gasteiger partial charge in [0, 0.05) is 12.6 Å². The first-order chi connectivity index (χ1) is 14.9. The van der Waals surface area contributed by atoms with E-state index in [1.165, 1.54) is 4.90 Å². The van der Waals surface area contributed by atoms with E-state index in [1.807, 2.05) is 58.0 Å². The minimum atomic E-state index is -0.862. The van der Waals surface area contributed by atoms with E-state index in [0.717, 1.165) is 0 Å². The van der Waals surface area contributed by atoms with Crippen LogP contribution in [-0.4, -0.2) is 47.0 Å². The van der Waals surface area contributed by atoms with E-state index in [9.17, 15) is 14.4 Å². The third-order valence-corrected chi connectivity index (χ3v) is 4.41. The standard InChI is InChI=1S/C25H39N3O4/c1-9-15-28(21(22(29)26-18(4)5)19-13-11-10-12-14-19)23(30)20(16-17(2)3)27-24(31)32-25(6,7)8/h9-14,17-18,20-21H,1,15-16H2,2-8H3,(H,26,29)(H,27,31). The Morgan fingerprint density at radius 1 is 1.06 bits per heavy atom. The molecule has 1 aromatic rings. The quantitative estimate of drug-likeness (QED) is 0.528. The molecule has 7 heteroatoms. The Balaban J connectivity index is 3.35. The van der Waals surface area contributed by atoms with Crippen LogP contribution < -0.4 is 10.6 Å². The Hall–Kier alpha value is -2.83. The van der Waals surface area contributed by atoms with Gasteiger partial charge in [-0.3, -0.25) is 9.59 Å². The number of hydrogen-bond donors (Lipinski definition) is 2. The zero-order valence-electron chi connectivity index (χ0n) is 20.5. The molecule has 0 heterocycles. The monoisotopic (exact) mass is 445 g/mol. The summed E-state index contributed by atoms with van der Waals surface area (Å²) in [7, 11) is 0. The number of rotatable bonds is 10. The van der Waals surface area contributed by atoms with Crippen molar-refractivity contribution in [3.63, 3.8) is 0 Å². The second kappa shape index (κ2) is 12.3. The lowest BCUT2D eigenvalue weighted by atomic mass is 9.99. The molecule has 0 aliphatic carbocycles. The number of amides is 3. The molecule has 0 aliphatic rings. The highest BCUT2D eigenvalue weighted by Crippen LogP contribution is 2.24. The Bertz CT molecular complexity index is 769. The van der Waals surface area contributed by atoms with E-state index in [0.29, 0.717) is 12.0 Å². The summed E-state index contributed by atoms with van der Waals surface area (Å²) in [5.74, 6) is -0.525. The number of benzene rings is 1. The molecule has 2 N–H and O–H groups in total. The topological polar surface area (TPSA) is 87.7 Å². The van der Waals surface area contributed by atoms with Gasteiger partial charge in [0.15, 0.2) is 0 Å². The molecular weight excluding hydrogens is 406 g/mol. The fourth-order valence-corrected chi connectivity index (χ4v) is 3.28. The highest BCUT2D eigenvalue weighted by molar-refractivity contribution is 5.92. The summed E-state index contributed by atoms with van der Waals surface area (Å²) < 4.78 is 5.36. The van der Waals surface area contributed by atoms with Crippen molar-refractivity contribution in [1.82, 2.24) is 15.5 Å². The van der Waals surface area contributed by atoms with Crippen LogP contribution >= 0.6 is 0 Å². The first-order valence-electron chi connectivity index (χ1n) is 11.1. The highest BCUT2D eigenvalue weighted by Gasteiger charge is 2.36. The third-order valence-electron chi connectivity index (χ3n) is 4.41. The van der Waals surface area contributed by atoms with Gasteiger partial charge in [0.25, 0.3) is 0 Å². The molecule has 0 aromatic heterocycles. The largest absolute Gasteiger partial charge is 0.444 e. The summed E-state index contributed by atoms with van der Waals surface area (Å²) in [4.78, 5) is 40.8. The molecule has 178 valence electrons. The van der Waals surface area contributed by atoms with Crippen molar-refractivity contribution in [2.45, 2.75) is 78.6 Å². The fraction of sp³-hybridized carbons (Fsp3) is 0.560. The number of carbonyl (C=O) groups is 3. The second-order valence-electron chi connectivity index (χ2n) is 9.58. The molecule has 32 heavy (non-hydrogen) atoms. The number of ether oxygens (including phenoxy) is 1. The molecule has 0 bridgehead atoms. The average molecular weight is 446 g/mol. The second-order valence-corrected chi connectivity index (χ2v) is 9.58. The van der Waals surface area contributed by atoms with Crippen molar-refractivity contribution < 1.29 is 19.1 Å². The van der Waals surface area contributed by atoms with Crippen molar-refractivity contribution in [3.8, 4) is 0 Å². The van der Waals surface area contributed by atoms with E-state index in [4.69, 9.17) is 4.74 Å². The van der Waals surface area contributed by atoms with Gasteiger partial charge in [-0.1, -0.05) is 50.3 Å². The van der Waals surface area contributed by atoms with E-state index >= 15 is 0 Å². The summed E-state index contributed by atoms with van der Waals surface area (Å²) in [6.07, 6.45) is 1.31. The summed E-state index contributed by atoms with van der Waals surface area (Å²) in [6.45, 7) is 16.9. The molecule has 0 fully saturated rings. The SMILES string of the molecule is C=CCN(C(=O)C(CC(C)C)NC(=O)OC(C)(C)C)C(C(=O)NC(C)C)c1ccccc1. The van der Waals surface area contributed by atoms with Gasteiger partial charge in [-0.15, -0.1) is 6.58 Å². The Morgan fingerprint density at radius 3 is 2.12 bits per heavy atom. The van der Waals surface area contributed by atoms with E-state index < -0.39 is 23.8 Å². The summed E-state index contributed by atoms with van der Waals surface area (Å²) in [6, 6.07) is 7.33. The predicted octanol–water partition coefficient (Wildman–Crippen LogP) is 4.21. The minimum absolute atomic E-state index is 0.0965. The normalized spacial score (nSPS) is 13.3. The van der Waals surface area contributed by atoms with E-state index in [-0.39, 0.29) is 30.3 Å². The molecule has 2 atom stereocenters. The van der Waals surface area contributed by atoms with Gasteiger partial charge in [-0.25, -0.2) is 4.79 Å². The van der Waals surface area contributed by atoms with Crippen LogP contribution in [0.4, 0.5) is 4.79 Å². The maximum atomic E-state index is 13.7. The van der Waals surface area contributed by atoms with Crippen LogP contribution in [0, 0.1) is 5.92 Å². The number of nitrogens with zero attached hydrogens (tertiary/aromatic N) is 1. The van der Waals surface area contributed by atoms with Crippen molar-refractivity contribution in [3.05, 3.63) is 48.6 Å². The van der Waals surface area contributed by atoms with E-state index in [2.05, 4.69) is 17.2 Å². The first-order valence-corrected chi connectivity index (χ1v) is 11.1. The van der Waals surface area contributed by atoms with Crippen LogP contribution in [0.5, 0.6) is 0 Å². The molecule has 0 radical (unpaired) electrons. The Kier molecular flexibility index (Phi) is 10.4. The van der Waals surface area contributed by atoms with Crippen molar-refractivity contribution >= 4 is 17.9 Å². The molecule has 0 saturated heterocycles. The molecule has 7 nitrogen and oxygen atoms in total. The molecule has 3 amide bonds. The van der Waals surface area contributed by atoms with Crippen LogP contribution in [0.15, 0.2) is 43.0 Å². The van der Waals surface area contributed by atoms with Crippen LogP contribution in [-0.2, 0) is 14.3 Å². The van der Waals surface area contributed by atoms with Gasteiger partial charge in [0.1, 0.15) is 17.7 Å². The van der Waals surface area contributed by atoms with Crippen molar-refractivity contribution in [1.29, 1.82) is 0 Å². The number of nitrogens with one attached hydrogen (secondary N) is 2. The molecule has 0 saturated carbocycles. The lowest BCUT2D eigenvalue weighted by Crippen LogP contribution is -2.53. The Morgan fingerprint density at radius 2 is 1.66 bits per heavy atom. The number of carbonyl (C=O) groups excluding carboxylic acids is 3. The fourth-order valence-electron chi connectivity index (χ4n) is 3.28. The third kappa shape index (κ3) is 9.12. The summed E-state index contributed by atoms with van der Waals surface area (Å²) >= 11 is 0. The smallest absolute Gasteiger partial charge is 0.408 e. The zero-order valence-corrected chi connectivity index (χ0v) is 20.5. The highest BCUT2D eigenvalue weighted by atomic mass is 16.6. The number of alkyl carbamates (subject to hydrolysis) is 1. The average Bonchev–Trinajstić information content (AvgIpc) is 2.65. The van der Waals surface area contributed by atoms with Crippen molar-refractivity contribution in [2.75, 3.05) is 6.54 Å². The molecule has 1 aromatic carbocycles. The molecule has 2 unspecified atom stereocenters. The Labute approximate surface area is 192 Å². The van der Waals surface area contributed by atoms with Crippen molar-refractivity contribution in [2.24, 2.45) is 5.92 Å². The van der Waals surface area contributed by atoms with Crippen LogP contribution in [0.1, 0.15) is 66.5 Å². The molecule has 0 spiro atoms. The minimum Gasteiger partial charge on any atom is -0.444 e. The molecule has 1 rings (SSSR count). The van der Waals surface area contributed by atoms with Crippen LogP contribution in [0.3, 0.4) is 0 Å². The van der Waals surface area contributed by atoms with Crippen LogP contribution in [0.25, 0.3) is 0 Å². The van der Waals surface area contributed by atoms with Gasteiger partial charge in [-0.05, 0) is 52.5 Å². The first kappa shape index (κ1) is 27.2. The van der Waals surface area contributed by atoms with E-state index in [1.54, 1.807) is 26.8 Å². The van der Waals surface area contributed by atoms with Gasteiger partial charge >= 0.3 is 6.09 Å². The lowest BCUT2D eigenvalue weighted by molar-refractivity contribution is -0.142. The lowest BCUT2D eigenvalue weighted by Gasteiger charge is -2.34.